The number of aliphatic hydroxyl groups is 1. The molecule has 1 fully saturated rings. The van der Waals surface area contributed by atoms with Crippen molar-refractivity contribution in [1.29, 1.82) is 0 Å². The fourth-order valence-electron chi connectivity index (χ4n) is 1.43. The molecule has 0 atom stereocenters. The number of hydrogen-bond acceptors (Lipinski definition) is 3. The number of anilines is 2. The lowest BCUT2D eigenvalue weighted by Gasteiger charge is -2.17. The van der Waals surface area contributed by atoms with Crippen LogP contribution in [0.2, 0.25) is 0 Å². The summed E-state index contributed by atoms with van der Waals surface area (Å²) in [7, 11) is 0. The topological polar surface area (TPSA) is 58.3 Å². The van der Waals surface area contributed by atoms with Crippen LogP contribution in [-0.4, -0.2) is 17.3 Å². The summed E-state index contributed by atoms with van der Waals surface area (Å²) in [6.07, 6.45) is 1.83. The van der Waals surface area contributed by atoms with Crippen molar-refractivity contribution in [3.05, 3.63) is 22.4 Å². The van der Waals surface area contributed by atoms with Crippen LogP contribution in [0.1, 0.15) is 12.8 Å². The van der Waals surface area contributed by atoms with E-state index in [1.54, 1.807) is 6.07 Å². The van der Waals surface area contributed by atoms with Gasteiger partial charge in [-0.3, -0.25) is 0 Å². The minimum Gasteiger partial charge on any atom is -0.397 e. The molecule has 0 spiro atoms. The first-order valence-corrected chi connectivity index (χ1v) is 5.49. The number of rotatable bonds is 3. The second-order valence-electron chi connectivity index (χ2n) is 3.92. The first kappa shape index (κ1) is 10.7. The third-order valence-electron chi connectivity index (χ3n) is 2.65. The molecule has 4 N–H and O–H groups in total. The molecule has 0 radical (unpaired) electrons. The highest BCUT2D eigenvalue weighted by atomic mass is 79.9. The maximum Gasteiger partial charge on any atom is 0.139 e. The third kappa shape index (κ3) is 2.08. The molecule has 5 heteroatoms. The van der Waals surface area contributed by atoms with Gasteiger partial charge in [-0.05, 0) is 34.8 Å². The van der Waals surface area contributed by atoms with Gasteiger partial charge >= 0.3 is 0 Å². The number of benzene rings is 1. The Labute approximate surface area is 95.6 Å². The number of nitrogens with one attached hydrogen (secondary N) is 1. The van der Waals surface area contributed by atoms with E-state index < -0.39 is 0 Å². The number of nitrogens with two attached hydrogens (primary N) is 1. The number of aliphatic hydroxyl groups excluding tert-OH is 1. The average molecular weight is 275 g/mol. The molecule has 3 nitrogen and oxygen atoms in total. The van der Waals surface area contributed by atoms with E-state index in [2.05, 4.69) is 21.2 Å². The molecule has 1 aromatic carbocycles. The van der Waals surface area contributed by atoms with E-state index in [9.17, 15) is 4.39 Å². The summed E-state index contributed by atoms with van der Waals surface area (Å²) in [4.78, 5) is 0. The molecule has 15 heavy (non-hydrogen) atoms. The molecule has 0 heterocycles. The fraction of sp³-hybridized carbons (Fsp3) is 0.400. The summed E-state index contributed by atoms with van der Waals surface area (Å²) in [6.45, 7) is 0.0709. The molecule has 0 amide bonds. The van der Waals surface area contributed by atoms with Crippen LogP contribution in [0.4, 0.5) is 15.8 Å². The average Bonchev–Trinajstić information content (AvgIpc) is 2.95. The number of nitrogen functional groups attached to an aromatic ring is 1. The van der Waals surface area contributed by atoms with Gasteiger partial charge < -0.3 is 16.2 Å². The van der Waals surface area contributed by atoms with Crippen LogP contribution in [-0.2, 0) is 0 Å². The number of hydrogen-bond donors (Lipinski definition) is 3. The zero-order valence-electron chi connectivity index (χ0n) is 8.06. The maximum absolute atomic E-state index is 13.1. The van der Waals surface area contributed by atoms with Crippen molar-refractivity contribution in [3.8, 4) is 0 Å². The van der Waals surface area contributed by atoms with Crippen molar-refractivity contribution in [2.75, 3.05) is 17.7 Å². The Bertz CT molecular complexity index is 393. The highest BCUT2D eigenvalue weighted by Crippen LogP contribution is 2.40. The van der Waals surface area contributed by atoms with Gasteiger partial charge in [0, 0.05) is 6.07 Å². The largest absolute Gasteiger partial charge is 0.397 e. The summed E-state index contributed by atoms with van der Waals surface area (Å²) in [5.41, 5.74) is 6.45. The lowest BCUT2D eigenvalue weighted by molar-refractivity contribution is 0.266. The standard InChI is InChI=1S/C10H12BrFN2O/c11-6-3-9(8(13)4-7(6)12)14-10(5-15)1-2-10/h3-4,14-15H,1-2,5,13H2. The second kappa shape index (κ2) is 3.64. The molecular weight excluding hydrogens is 263 g/mol. The molecule has 0 aromatic heterocycles. The van der Waals surface area contributed by atoms with E-state index >= 15 is 0 Å². The monoisotopic (exact) mass is 274 g/mol. The summed E-state index contributed by atoms with van der Waals surface area (Å²) in [6, 6.07) is 2.86. The zero-order valence-corrected chi connectivity index (χ0v) is 9.64. The van der Waals surface area contributed by atoms with Crippen LogP contribution >= 0.6 is 15.9 Å². The van der Waals surface area contributed by atoms with Crippen LogP contribution in [0.25, 0.3) is 0 Å². The van der Waals surface area contributed by atoms with Gasteiger partial charge in [0.2, 0.25) is 0 Å². The summed E-state index contributed by atoms with van der Waals surface area (Å²) in [5, 5.41) is 12.3. The molecule has 0 saturated heterocycles. The van der Waals surface area contributed by atoms with E-state index in [1.165, 1.54) is 6.07 Å². The maximum atomic E-state index is 13.1. The molecule has 1 saturated carbocycles. The Kier molecular flexibility index (Phi) is 2.60. The Morgan fingerprint density at radius 3 is 2.73 bits per heavy atom. The van der Waals surface area contributed by atoms with E-state index in [4.69, 9.17) is 10.8 Å². The van der Waals surface area contributed by atoms with E-state index in [1.807, 2.05) is 0 Å². The molecule has 0 unspecified atom stereocenters. The van der Waals surface area contributed by atoms with Crippen molar-refractivity contribution in [3.63, 3.8) is 0 Å². The molecule has 1 aliphatic rings. The van der Waals surface area contributed by atoms with Crippen molar-refractivity contribution < 1.29 is 9.50 Å². The van der Waals surface area contributed by atoms with Gasteiger partial charge in [-0.1, -0.05) is 0 Å². The Balaban J connectivity index is 2.25. The second-order valence-corrected chi connectivity index (χ2v) is 4.77. The van der Waals surface area contributed by atoms with E-state index in [-0.39, 0.29) is 18.0 Å². The van der Waals surface area contributed by atoms with Crippen LogP contribution in [0, 0.1) is 5.82 Å². The summed E-state index contributed by atoms with van der Waals surface area (Å²) >= 11 is 3.10. The van der Waals surface area contributed by atoms with Gasteiger partial charge in [0.15, 0.2) is 0 Å². The van der Waals surface area contributed by atoms with Crippen molar-refractivity contribution >= 4 is 27.3 Å². The fourth-order valence-corrected chi connectivity index (χ4v) is 1.77. The van der Waals surface area contributed by atoms with Crippen molar-refractivity contribution in [2.45, 2.75) is 18.4 Å². The third-order valence-corrected chi connectivity index (χ3v) is 3.26. The Morgan fingerprint density at radius 1 is 1.53 bits per heavy atom. The van der Waals surface area contributed by atoms with Crippen LogP contribution in [0.15, 0.2) is 16.6 Å². The van der Waals surface area contributed by atoms with Gasteiger partial charge in [-0.15, -0.1) is 0 Å². The first-order chi connectivity index (χ1) is 7.06. The van der Waals surface area contributed by atoms with Crippen LogP contribution in [0.3, 0.4) is 0 Å². The van der Waals surface area contributed by atoms with Crippen LogP contribution < -0.4 is 11.1 Å². The first-order valence-electron chi connectivity index (χ1n) is 4.70. The quantitative estimate of drug-likeness (QED) is 0.740. The molecule has 82 valence electrons. The highest BCUT2D eigenvalue weighted by Gasteiger charge is 2.42. The minimum absolute atomic E-state index is 0.0709. The smallest absolute Gasteiger partial charge is 0.139 e. The predicted octanol–water partition coefficient (Wildman–Crippen LogP) is 2.11. The molecule has 2 rings (SSSR count). The lowest BCUT2D eigenvalue weighted by Crippen LogP contribution is -2.26. The number of halogens is 2. The normalized spacial score (nSPS) is 17.5. The zero-order chi connectivity index (χ0) is 11.1. The molecule has 0 bridgehead atoms. The predicted molar refractivity (Wildman–Crippen MR) is 61.2 cm³/mol. The molecular formula is C10H12BrFN2O. The van der Waals surface area contributed by atoms with Gasteiger partial charge in [0.1, 0.15) is 5.82 Å². The Hall–Kier alpha value is -0.810. The van der Waals surface area contributed by atoms with E-state index in [0.29, 0.717) is 15.8 Å². The SMILES string of the molecule is Nc1cc(F)c(Br)cc1NC1(CO)CC1. The van der Waals surface area contributed by atoms with Gasteiger partial charge in [0.05, 0.1) is 28.0 Å². The van der Waals surface area contributed by atoms with Crippen LogP contribution in [0.5, 0.6) is 0 Å². The summed E-state index contributed by atoms with van der Waals surface area (Å²) in [5.74, 6) is -0.383. The van der Waals surface area contributed by atoms with Crippen molar-refractivity contribution in [1.82, 2.24) is 0 Å². The highest BCUT2D eigenvalue weighted by molar-refractivity contribution is 9.10. The minimum atomic E-state index is -0.383. The summed E-state index contributed by atoms with van der Waals surface area (Å²) < 4.78 is 13.5. The molecule has 0 aliphatic heterocycles. The molecule has 1 aliphatic carbocycles. The molecule has 1 aromatic rings. The van der Waals surface area contributed by atoms with E-state index in [0.717, 1.165) is 12.8 Å². The van der Waals surface area contributed by atoms with Gasteiger partial charge in [-0.25, -0.2) is 4.39 Å². The lowest BCUT2D eigenvalue weighted by atomic mass is 10.2. The van der Waals surface area contributed by atoms with Gasteiger partial charge in [-0.2, -0.15) is 0 Å². The van der Waals surface area contributed by atoms with Crippen molar-refractivity contribution in [2.24, 2.45) is 0 Å². The van der Waals surface area contributed by atoms with Gasteiger partial charge in [0.25, 0.3) is 0 Å². The Morgan fingerprint density at radius 2 is 2.20 bits per heavy atom.